The van der Waals surface area contributed by atoms with Crippen LogP contribution in [0, 0.1) is 12.7 Å². The maximum Gasteiger partial charge on any atom is 0.405 e. The fraction of sp³-hybridized carbons (Fsp3) is 0.500. The van der Waals surface area contributed by atoms with Gasteiger partial charge in [0.1, 0.15) is 17.1 Å². The van der Waals surface area contributed by atoms with E-state index in [0.29, 0.717) is 12.1 Å². The summed E-state index contributed by atoms with van der Waals surface area (Å²) in [6.07, 6.45) is 0.693. The summed E-state index contributed by atoms with van der Waals surface area (Å²) in [7, 11) is 0. The lowest BCUT2D eigenvalue weighted by atomic mass is 10.1. The number of ether oxygens (including phenoxy) is 1. The molecule has 1 rings (SSSR count). The second-order valence-electron chi connectivity index (χ2n) is 5.89. The van der Waals surface area contributed by atoms with E-state index in [-0.39, 0.29) is 5.69 Å². The highest BCUT2D eigenvalue weighted by Gasteiger charge is 2.12. The fourth-order valence-electron chi connectivity index (χ4n) is 1.65. The van der Waals surface area contributed by atoms with E-state index in [2.05, 4.69) is 15.4 Å². The minimum atomic E-state index is -0.725. The van der Waals surface area contributed by atoms with Crippen molar-refractivity contribution in [3.05, 3.63) is 23.5 Å². The Morgan fingerprint density at radius 2 is 2.00 bits per heavy atom. The van der Waals surface area contributed by atoms with Crippen LogP contribution in [0.15, 0.2) is 12.1 Å². The second-order valence-corrected chi connectivity index (χ2v) is 5.89. The number of nitrogens with two attached hydrogens (primary N) is 1. The van der Waals surface area contributed by atoms with Crippen LogP contribution in [0.4, 0.5) is 20.6 Å². The molecule has 0 saturated carbocycles. The van der Waals surface area contributed by atoms with Crippen molar-refractivity contribution in [1.29, 1.82) is 0 Å². The minimum absolute atomic E-state index is 0.212. The van der Waals surface area contributed by atoms with Gasteiger partial charge in [-0.1, -0.05) is 6.92 Å². The number of hydrogen-bond acceptors (Lipinski definition) is 4. The van der Waals surface area contributed by atoms with E-state index in [1.807, 2.05) is 19.9 Å². The molecule has 6 nitrogen and oxygen atoms in total. The largest absolute Gasteiger partial charge is 0.444 e. The average molecular weight is 327 g/mol. The molecule has 2 amide bonds. The number of anilines is 2. The third-order valence-corrected chi connectivity index (χ3v) is 2.41. The predicted octanol–water partition coefficient (Wildman–Crippen LogP) is 3.40. The van der Waals surface area contributed by atoms with Crippen LogP contribution < -0.4 is 16.4 Å². The summed E-state index contributed by atoms with van der Waals surface area (Å²) in [4.78, 5) is 20.3. The molecule has 0 saturated heterocycles. The van der Waals surface area contributed by atoms with Crippen LogP contribution >= 0.6 is 0 Å². The third-order valence-electron chi connectivity index (χ3n) is 2.41. The van der Waals surface area contributed by atoms with Gasteiger partial charge in [-0.3, -0.25) is 4.79 Å². The Labute approximate surface area is 136 Å². The first-order valence-corrected chi connectivity index (χ1v) is 7.33. The molecule has 0 spiro atoms. The Balaban J connectivity index is 0.000000515. The summed E-state index contributed by atoms with van der Waals surface area (Å²) in [6.45, 7) is 9.86. The molecular weight excluding hydrogens is 301 g/mol. The van der Waals surface area contributed by atoms with Gasteiger partial charge in [-0.2, -0.15) is 0 Å². The molecule has 0 aliphatic heterocycles. The van der Waals surface area contributed by atoms with Crippen LogP contribution in [0.3, 0.4) is 0 Å². The van der Waals surface area contributed by atoms with E-state index in [1.54, 1.807) is 20.8 Å². The van der Waals surface area contributed by atoms with Crippen molar-refractivity contribution in [1.82, 2.24) is 0 Å². The van der Waals surface area contributed by atoms with Crippen LogP contribution in [0.5, 0.6) is 0 Å². The van der Waals surface area contributed by atoms with Crippen LogP contribution in [0.25, 0.3) is 0 Å². The first-order valence-electron chi connectivity index (χ1n) is 7.33. The molecular formula is C16H26FN3O3. The lowest BCUT2D eigenvalue weighted by molar-refractivity contribution is -0.105. The molecule has 0 aromatic heterocycles. The summed E-state index contributed by atoms with van der Waals surface area (Å²) < 4.78 is 18.0. The number of carbonyl (C=O) groups is 2. The Hall–Kier alpha value is -2.31. The van der Waals surface area contributed by atoms with Gasteiger partial charge in [0, 0.05) is 6.54 Å². The highest BCUT2D eigenvalue weighted by Crippen LogP contribution is 2.26. The Bertz CT molecular complexity index is 528. The quantitative estimate of drug-likeness (QED) is 0.723. The highest BCUT2D eigenvalue weighted by atomic mass is 19.1. The summed E-state index contributed by atoms with van der Waals surface area (Å²) in [5.74, 6) is -0.416. The zero-order valence-electron chi connectivity index (χ0n) is 14.3. The number of rotatable bonds is 5. The topological polar surface area (TPSA) is 93.4 Å². The van der Waals surface area contributed by atoms with Gasteiger partial charge >= 0.3 is 6.09 Å². The van der Waals surface area contributed by atoms with E-state index < -0.39 is 17.5 Å². The molecule has 0 atom stereocenters. The van der Waals surface area contributed by atoms with Crippen molar-refractivity contribution < 1.29 is 18.7 Å². The number of benzene rings is 1. The molecule has 7 heteroatoms. The Morgan fingerprint density at radius 3 is 2.39 bits per heavy atom. The van der Waals surface area contributed by atoms with Gasteiger partial charge in [0.25, 0.3) is 0 Å². The van der Waals surface area contributed by atoms with E-state index in [0.717, 1.165) is 18.5 Å². The van der Waals surface area contributed by atoms with Crippen LogP contribution in [-0.2, 0) is 9.53 Å². The molecule has 0 fully saturated rings. The molecule has 0 aliphatic carbocycles. The van der Waals surface area contributed by atoms with Crippen LogP contribution in [0.2, 0.25) is 0 Å². The normalized spacial score (nSPS) is 10.2. The average Bonchev–Trinajstić information content (AvgIpc) is 2.37. The number of hydrogen-bond donors (Lipinski definition) is 3. The smallest absolute Gasteiger partial charge is 0.405 e. The molecule has 0 radical (unpaired) electrons. The Morgan fingerprint density at radius 1 is 1.39 bits per heavy atom. The van der Waals surface area contributed by atoms with E-state index in [9.17, 15) is 14.0 Å². The molecule has 4 N–H and O–H groups in total. The SMILES string of the molecule is CC(C)(C)OC(N)=O.CCCNc1cc(C)cc(F)c1NC=O. The zero-order valence-corrected chi connectivity index (χ0v) is 14.3. The van der Waals surface area contributed by atoms with Gasteiger partial charge in [0.15, 0.2) is 0 Å². The van der Waals surface area contributed by atoms with E-state index in [1.165, 1.54) is 6.07 Å². The molecule has 1 aromatic rings. The maximum atomic E-state index is 13.5. The van der Waals surface area contributed by atoms with E-state index >= 15 is 0 Å². The number of amides is 2. The standard InChI is InChI=1S/C11H15FN2O.C5H11NO2/c1-3-4-13-10-6-8(2)5-9(12)11(10)14-7-15;1-5(2,3)8-4(6)7/h5-7,13H,3-4H2,1-2H3,(H,14,15);1-3H3,(H2,6,7). The van der Waals surface area contributed by atoms with Crippen LogP contribution in [0.1, 0.15) is 39.7 Å². The highest BCUT2D eigenvalue weighted by molar-refractivity contribution is 5.81. The van der Waals surface area contributed by atoms with Crippen LogP contribution in [-0.4, -0.2) is 24.6 Å². The first kappa shape index (κ1) is 20.7. The van der Waals surface area contributed by atoms with Gasteiger partial charge in [-0.05, 0) is 51.8 Å². The van der Waals surface area contributed by atoms with Gasteiger partial charge < -0.3 is 21.1 Å². The van der Waals surface area contributed by atoms with Crippen molar-refractivity contribution in [3.63, 3.8) is 0 Å². The molecule has 130 valence electrons. The lowest BCUT2D eigenvalue weighted by Crippen LogP contribution is -2.27. The fourth-order valence-corrected chi connectivity index (χ4v) is 1.65. The summed E-state index contributed by atoms with van der Waals surface area (Å²) >= 11 is 0. The number of nitrogens with one attached hydrogen (secondary N) is 2. The van der Waals surface area contributed by atoms with E-state index in [4.69, 9.17) is 5.73 Å². The van der Waals surface area contributed by atoms with Crippen molar-refractivity contribution >= 4 is 23.9 Å². The minimum Gasteiger partial charge on any atom is -0.444 e. The zero-order chi connectivity index (χ0) is 18.0. The molecule has 0 heterocycles. The van der Waals surface area contributed by atoms with Crippen molar-refractivity contribution in [2.75, 3.05) is 17.2 Å². The second kappa shape index (κ2) is 9.66. The number of aryl methyl sites for hydroxylation is 1. The molecule has 23 heavy (non-hydrogen) atoms. The molecule has 0 aliphatic rings. The number of carbonyl (C=O) groups excluding carboxylic acids is 2. The van der Waals surface area contributed by atoms with Crippen molar-refractivity contribution in [3.8, 4) is 0 Å². The summed E-state index contributed by atoms with van der Waals surface area (Å²) in [6, 6.07) is 3.20. The number of halogens is 1. The Kier molecular flexibility index (Phi) is 8.69. The van der Waals surface area contributed by atoms with Gasteiger partial charge in [-0.15, -0.1) is 0 Å². The predicted molar refractivity (Wildman–Crippen MR) is 90.0 cm³/mol. The maximum absolute atomic E-state index is 13.5. The van der Waals surface area contributed by atoms with Gasteiger partial charge in [0.05, 0.1) is 5.69 Å². The van der Waals surface area contributed by atoms with Gasteiger partial charge in [0.2, 0.25) is 6.41 Å². The van der Waals surface area contributed by atoms with Crippen molar-refractivity contribution in [2.45, 2.75) is 46.6 Å². The lowest BCUT2D eigenvalue weighted by Gasteiger charge is -2.16. The van der Waals surface area contributed by atoms with Crippen molar-refractivity contribution in [2.24, 2.45) is 5.73 Å². The molecule has 0 bridgehead atoms. The summed E-state index contributed by atoms with van der Waals surface area (Å²) in [5, 5.41) is 5.43. The summed E-state index contributed by atoms with van der Waals surface area (Å²) in [5.41, 5.74) is 5.93. The number of primary amides is 1. The van der Waals surface area contributed by atoms with Gasteiger partial charge in [-0.25, -0.2) is 9.18 Å². The molecule has 1 aromatic carbocycles. The first-order chi connectivity index (χ1) is 10.6. The monoisotopic (exact) mass is 327 g/mol. The third kappa shape index (κ3) is 9.34. The molecule has 0 unspecified atom stereocenters.